The van der Waals surface area contributed by atoms with Crippen LogP contribution in [0, 0.1) is 11.3 Å². The zero-order chi connectivity index (χ0) is 14.9. The zero-order valence-corrected chi connectivity index (χ0v) is 12.7. The molecule has 0 bridgehead atoms. The van der Waals surface area contributed by atoms with Gasteiger partial charge in [-0.05, 0) is 12.1 Å². The van der Waals surface area contributed by atoms with Crippen LogP contribution in [-0.4, -0.2) is 55.3 Å². The number of amides is 1. The van der Waals surface area contributed by atoms with Gasteiger partial charge >= 0.3 is 0 Å². The fourth-order valence-electron chi connectivity index (χ4n) is 2.18. The summed E-state index contributed by atoms with van der Waals surface area (Å²) in [5, 5.41) is 15.1. The predicted octanol–water partition coefficient (Wildman–Crippen LogP) is 0.692. The van der Waals surface area contributed by atoms with Crippen LogP contribution in [0.2, 0.25) is 0 Å². The number of nitrogens with zero attached hydrogens (tertiary/aromatic N) is 2. The third kappa shape index (κ3) is 5.38. The van der Waals surface area contributed by atoms with Crippen molar-refractivity contribution in [3.8, 4) is 6.07 Å². The lowest BCUT2D eigenvalue weighted by molar-refractivity contribution is -0.122. The molecule has 2 N–H and O–H groups in total. The van der Waals surface area contributed by atoms with Gasteiger partial charge in [-0.2, -0.15) is 5.26 Å². The van der Waals surface area contributed by atoms with Gasteiger partial charge in [0.1, 0.15) is 6.04 Å². The number of hydrogen-bond donors (Lipinski definition) is 2. The number of piperazine rings is 1. The molecule has 0 aliphatic carbocycles. The maximum absolute atomic E-state index is 11.9. The lowest BCUT2D eigenvalue weighted by atomic mass is 10.2. The van der Waals surface area contributed by atoms with Crippen molar-refractivity contribution in [1.29, 1.82) is 5.26 Å². The first kappa shape index (κ1) is 15.8. The van der Waals surface area contributed by atoms with Crippen molar-refractivity contribution in [2.24, 2.45) is 0 Å². The standard InChI is InChI=1S/C15H20N4OS/c16-10-13-11-17-6-8-19(13)12-15(20)18-7-9-21-14-4-2-1-3-5-14/h1-5,13,17H,6-9,11-12H2,(H,18,20). The van der Waals surface area contributed by atoms with Crippen molar-refractivity contribution >= 4 is 17.7 Å². The summed E-state index contributed by atoms with van der Waals surface area (Å²) < 4.78 is 0. The fraction of sp³-hybridized carbons (Fsp3) is 0.467. The number of nitrogens with one attached hydrogen (secondary N) is 2. The van der Waals surface area contributed by atoms with Crippen molar-refractivity contribution < 1.29 is 4.79 Å². The van der Waals surface area contributed by atoms with Crippen LogP contribution in [0.3, 0.4) is 0 Å². The Labute approximate surface area is 129 Å². The van der Waals surface area contributed by atoms with Crippen LogP contribution in [0.4, 0.5) is 0 Å². The molecular weight excluding hydrogens is 284 g/mol. The summed E-state index contributed by atoms with van der Waals surface area (Å²) in [6, 6.07) is 12.1. The van der Waals surface area contributed by atoms with Gasteiger partial charge in [-0.3, -0.25) is 9.69 Å². The number of hydrogen-bond acceptors (Lipinski definition) is 5. The van der Waals surface area contributed by atoms with Crippen LogP contribution in [0.1, 0.15) is 0 Å². The lowest BCUT2D eigenvalue weighted by Crippen LogP contribution is -2.53. The first-order valence-corrected chi connectivity index (χ1v) is 8.07. The topological polar surface area (TPSA) is 68.2 Å². The van der Waals surface area contributed by atoms with Gasteiger partial charge in [-0.1, -0.05) is 18.2 Å². The van der Waals surface area contributed by atoms with E-state index in [4.69, 9.17) is 5.26 Å². The molecule has 1 aromatic rings. The molecule has 1 aromatic carbocycles. The SMILES string of the molecule is N#CC1CNCCN1CC(=O)NCCSc1ccccc1. The van der Waals surface area contributed by atoms with Crippen molar-refractivity contribution in [1.82, 2.24) is 15.5 Å². The van der Waals surface area contributed by atoms with E-state index in [0.717, 1.165) is 18.8 Å². The Morgan fingerprint density at radius 2 is 2.29 bits per heavy atom. The second-order valence-electron chi connectivity index (χ2n) is 4.83. The fourth-order valence-corrected chi connectivity index (χ4v) is 2.97. The second kappa shape index (κ2) is 8.67. The summed E-state index contributed by atoms with van der Waals surface area (Å²) in [6.45, 7) is 3.14. The maximum Gasteiger partial charge on any atom is 0.234 e. The molecule has 1 saturated heterocycles. The molecule has 1 fully saturated rings. The van der Waals surface area contributed by atoms with E-state index in [9.17, 15) is 4.79 Å². The predicted molar refractivity (Wildman–Crippen MR) is 84.0 cm³/mol. The molecule has 0 spiro atoms. The third-order valence-electron chi connectivity index (χ3n) is 3.29. The summed E-state index contributed by atoms with van der Waals surface area (Å²) in [6.07, 6.45) is 0. The number of nitriles is 1. The quantitative estimate of drug-likeness (QED) is 0.598. The molecule has 1 aliphatic rings. The van der Waals surface area contributed by atoms with Gasteiger partial charge in [0.2, 0.25) is 5.91 Å². The average molecular weight is 304 g/mol. The molecule has 0 saturated carbocycles. The summed E-state index contributed by atoms with van der Waals surface area (Å²) >= 11 is 1.72. The Kier molecular flexibility index (Phi) is 6.54. The van der Waals surface area contributed by atoms with E-state index in [-0.39, 0.29) is 11.9 Å². The van der Waals surface area contributed by atoms with Crippen molar-refractivity contribution in [2.45, 2.75) is 10.9 Å². The maximum atomic E-state index is 11.9. The van der Waals surface area contributed by atoms with E-state index in [2.05, 4.69) is 28.8 Å². The molecule has 2 rings (SSSR count). The molecule has 1 heterocycles. The molecule has 5 nitrogen and oxygen atoms in total. The number of carbonyl (C=O) groups is 1. The van der Waals surface area contributed by atoms with Crippen molar-refractivity contribution in [2.75, 3.05) is 38.5 Å². The zero-order valence-electron chi connectivity index (χ0n) is 11.9. The Morgan fingerprint density at radius 3 is 3.05 bits per heavy atom. The van der Waals surface area contributed by atoms with E-state index in [1.54, 1.807) is 11.8 Å². The number of carbonyl (C=O) groups excluding carboxylic acids is 1. The largest absolute Gasteiger partial charge is 0.354 e. The van der Waals surface area contributed by atoms with Crippen molar-refractivity contribution in [3.63, 3.8) is 0 Å². The summed E-state index contributed by atoms with van der Waals surface area (Å²) in [4.78, 5) is 15.0. The highest BCUT2D eigenvalue weighted by atomic mass is 32.2. The molecule has 1 atom stereocenters. The van der Waals surface area contributed by atoms with Crippen LogP contribution in [0.5, 0.6) is 0 Å². The molecule has 1 aliphatic heterocycles. The Balaban J connectivity index is 1.64. The van der Waals surface area contributed by atoms with Gasteiger partial charge in [0, 0.05) is 36.8 Å². The van der Waals surface area contributed by atoms with Gasteiger partial charge in [0.25, 0.3) is 0 Å². The molecule has 6 heteroatoms. The van der Waals surface area contributed by atoms with E-state index in [1.165, 1.54) is 4.90 Å². The number of thioether (sulfide) groups is 1. The van der Waals surface area contributed by atoms with Gasteiger partial charge in [-0.25, -0.2) is 0 Å². The smallest absolute Gasteiger partial charge is 0.234 e. The van der Waals surface area contributed by atoms with Crippen LogP contribution < -0.4 is 10.6 Å². The van der Waals surface area contributed by atoms with Crippen LogP contribution in [0.15, 0.2) is 35.2 Å². The minimum atomic E-state index is -0.205. The summed E-state index contributed by atoms with van der Waals surface area (Å²) in [7, 11) is 0. The molecule has 1 amide bonds. The second-order valence-corrected chi connectivity index (χ2v) is 6.00. The van der Waals surface area contributed by atoms with E-state index in [0.29, 0.717) is 19.6 Å². The molecule has 0 aromatic heterocycles. The highest BCUT2D eigenvalue weighted by Crippen LogP contribution is 2.15. The van der Waals surface area contributed by atoms with Crippen LogP contribution in [-0.2, 0) is 4.79 Å². The first-order chi connectivity index (χ1) is 10.3. The lowest BCUT2D eigenvalue weighted by Gasteiger charge is -2.31. The first-order valence-electron chi connectivity index (χ1n) is 7.08. The number of benzene rings is 1. The molecule has 21 heavy (non-hydrogen) atoms. The average Bonchev–Trinajstić information content (AvgIpc) is 2.53. The Morgan fingerprint density at radius 1 is 1.48 bits per heavy atom. The normalized spacial score (nSPS) is 18.9. The van der Waals surface area contributed by atoms with E-state index < -0.39 is 0 Å². The molecule has 1 unspecified atom stereocenters. The van der Waals surface area contributed by atoms with Gasteiger partial charge in [-0.15, -0.1) is 11.8 Å². The molecular formula is C15H20N4OS. The van der Waals surface area contributed by atoms with E-state index >= 15 is 0 Å². The third-order valence-corrected chi connectivity index (χ3v) is 4.30. The van der Waals surface area contributed by atoms with E-state index in [1.807, 2.05) is 23.1 Å². The van der Waals surface area contributed by atoms with Gasteiger partial charge in [0.15, 0.2) is 0 Å². The highest BCUT2D eigenvalue weighted by Gasteiger charge is 2.23. The molecule has 0 radical (unpaired) electrons. The minimum Gasteiger partial charge on any atom is -0.354 e. The highest BCUT2D eigenvalue weighted by molar-refractivity contribution is 7.99. The number of rotatable bonds is 6. The Hall–Kier alpha value is -1.55. The Bertz CT molecular complexity index is 488. The van der Waals surface area contributed by atoms with Gasteiger partial charge < -0.3 is 10.6 Å². The molecule has 112 valence electrons. The van der Waals surface area contributed by atoms with Crippen molar-refractivity contribution in [3.05, 3.63) is 30.3 Å². The summed E-state index contributed by atoms with van der Waals surface area (Å²) in [5.74, 6) is 0.838. The van der Waals surface area contributed by atoms with Gasteiger partial charge in [0.05, 0.1) is 12.6 Å². The summed E-state index contributed by atoms with van der Waals surface area (Å²) in [5.41, 5.74) is 0. The van der Waals surface area contributed by atoms with Crippen LogP contribution >= 0.6 is 11.8 Å². The monoisotopic (exact) mass is 304 g/mol. The minimum absolute atomic E-state index is 0.00851. The van der Waals surface area contributed by atoms with Crippen LogP contribution in [0.25, 0.3) is 0 Å².